The third kappa shape index (κ3) is 10.6. The molecular formula is C28H35F8N9O2. The molecule has 2 fully saturated rings. The van der Waals surface area contributed by atoms with Gasteiger partial charge in [-0.2, -0.15) is 26.3 Å². The lowest BCUT2D eigenvalue weighted by Gasteiger charge is -2.35. The molecule has 0 unspecified atom stereocenters. The van der Waals surface area contributed by atoms with Crippen LogP contribution in [0.5, 0.6) is 0 Å². The lowest BCUT2D eigenvalue weighted by atomic mass is 10.2. The van der Waals surface area contributed by atoms with E-state index in [2.05, 4.69) is 19.9 Å². The van der Waals surface area contributed by atoms with Gasteiger partial charge < -0.3 is 19.6 Å². The molecule has 11 nitrogen and oxygen atoms in total. The van der Waals surface area contributed by atoms with E-state index in [9.17, 15) is 44.7 Å². The fourth-order valence-corrected chi connectivity index (χ4v) is 5.29. The summed E-state index contributed by atoms with van der Waals surface area (Å²) >= 11 is 0. The molecule has 0 spiro atoms. The van der Waals surface area contributed by atoms with Gasteiger partial charge in [-0.05, 0) is 25.9 Å². The number of amides is 2. The number of carbonyl (C=O) groups excluding carboxylic acids is 2. The number of aromatic nitrogens is 4. The van der Waals surface area contributed by atoms with Crippen LogP contribution >= 0.6 is 0 Å². The van der Waals surface area contributed by atoms with Crippen molar-refractivity contribution in [3.8, 4) is 0 Å². The predicted molar refractivity (Wildman–Crippen MR) is 153 cm³/mol. The Hall–Kier alpha value is -3.90. The maximum atomic E-state index is 13.2. The first kappa shape index (κ1) is 35.9. The molecule has 0 bridgehead atoms. The molecule has 0 atom stereocenters. The number of piperazine rings is 2. The van der Waals surface area contributed by atoms with Crippen molar-refractivity contribution in [3.63, 3.8) is 0 Å². The molecule has 2 amide bonds. The smallest absolute Gasteiger partial charge is 0.339 e. The number of anilines is 2. The van der Waals surface area contributed by atoms with Crippen molar-refractivity contribution in [2.75, 3.05) is 81.8 Å². The SMILES string of the molecule is O=C(CCCN(CCCC(=O)N1CCN(c2ncc(C(F)(F)F)cn2)CC1)CC(F)F)N1CCN(c2ncc(C(F)(F)F)cn2)CC1. The molecule has 19 heteroatoms. The van der Waals surface area contributed by atoms with Gasteiger partial charge in [0.05, 0.1) is 17.7 Å². The molecule has 47 heavy (non-hydrogen) atoms. The van der Waals surface area contributed by atoms with Crippen LogP contribution in [0.2, 0.25) is 0 Å². The highest BCUT2D eigenvalue weighted by molar-refractivity contribution is 5.77. The number of alkyl halides is 8. The Bertz CT molecular complexity index is 1200. The molecule has 0 aromatic carbocycles. The van der Waals surface area contributed by atoms with E-state index in [4.69, 9.17) is 0 Å². The van der Waals surface area contributed by atoms with Crippen LogP contribution in [0.4, 0.5) is 47.0 Å². The van der Waals surface area contributed by atoms with Gasteiger partial charge in [0.1, 0.15) is 0 Å². The molecule has 2 aromatic heterocycles. The van der Waals surface area contributed by atoms with Crippen molar-refractivity contribution < 1.29 is 44.7 Å². The second kappa shape index (κ2) is 15.8. The molecule has 0 saturated carbocycles. The molecule has 0 radical (unpaired) electrons. The summed E-state index contributed by atoms with van der Waals surface area (Å²) in [5.74, 6) is -0.0422. The van der Waals surface area contributed by atoms with Crippen LogP contribution < -0.4 is 9.80 Å². The second-order valence-electron chi connectivity index (χ2n) is 11.2. The summed E-state index contributed by atoms with van der Waals surface area (Å²) in [5.41, 5.74) is -1.90. The van der Waals surface area contributed by atoms with E-state index in [1.165, 1.54) is 4.90 Å². The summed E-state index contributed by atoms with van der Waals surface area (Å²) in [6.45, 7) is 2.57. The van der Waals surface area contributed by atoms with Crippen molar-refractivity contribution in [2.24, 2.45) is 0 Å². The van der Waals surface area contributed by atoms with Gasteiger partial charge in [0, 0.05) is 90.0 Å². The largest absolute Gasteiger partial charge is 0.419 e. The first-order valence-corrected chi connectivity index (χ1v) is 15.0. The minimum atomic E-state index is -4.54. The standard InChI is InChI=1S/C28H35F8N9O2/c29-22(30)19-41(5-1-3-23(46)42-7-11-44(12-8-42)25-37-15-20(16-38-25)27(31,32)33)6-2-4-24(47)43-9-13-45(14-10-43)26-39-17-21(18-40-26)28(34,35)36/h15-18,22H,1-14,19H2. The Morgan fingerprint density at radius 3 is 1.28 bits per heavy atom. The van der Waals surface area contributed by atoms with Gasteiger partial charge in [-0.15, -0.1) is 0 Å². The van der Waals surface area contributed by atoms with Crippen molar-refractivity contribution in [1.82, 2.24) is 34.6 Å². The van der Waals surface area contributed by atoms with E-state index in [1.54, 1.807) is 19.6 Å². The van der Waals surface area contributed by atoms with E-state index >= 15 is 0 Å². The summed E-state index contributed by atoms with van der Waals surface area (Å²) in [4.78, 5) is 48.7. The van der Waals surface area contributed by atoms with Gasteiger partial charge in [0.25, 0.3) is 6.43 Å². The molecular weight excluding hydrogens is 646 g/mol. The van der Waals surface area contributed by atoms with Gasteiger partial charge in [-0.1, -0.05) is 0 Å². The third-order valence-corrected chi connectivity index (χ3v) is 7.89. The molecule has 4 heterocycles. The second-order valence-corrected chi connectivity index (χ2v) is 11.2. The van der Waals surface area contributed by atoms with Gasteiger partial charge >= 0.3 is 12.4 Å². The topological polar surface area (TPSA) is 102 Å². The summed E-state index contributed by atoms with van der Waals surface area (Å²) in [7, 11) is 0. The zero-order valence-corrected chi connectivity index (χ0v) is 25.4. The van der Waals surface area contributed by atoms with Crippen molar-refractivity contribution in [1.29, 1.82) is 0 Å². The third-order valence-electron chi connectivity index (χ3n) is 7.89. The van der Waals surface area contributed by atoms with Gasteiger partial charge in [-0.25, -0.2) is 28.7 Å². The fraction of sp³-hybridized carbons (Fsp3) is 0.643. The van der Waals surface area contributed by atoms with Crippen LogP contribution in [0, 0.1) is 0 Å². The Kier molecular flexibility index (Phi) is 12.1. The van der Waals surface area contributed by atoms with Gasteiger partial charge in [0.2, 0.25) is 23.7 Å². The van der Waals surface area contributed by atoms with Gasteiger partial charge in [-0.3, -0.25) is 14.5 Å². The number of hydrogen-bond acceptors (Lipinski definition) is 9. The van der Waals surface area contributed by atoms with E-state index < -0.39 is 36.4 Å². The zero-order valence-electron chi connectivity index (χ0n) is 25.4. The molecule has 0 aliphatic carbocycles. The Labute approximate surface area is 265 Å². The van der Waals surface area contributed by atoms with E-state index in [1.807, 2.05) is 0 Å². The lowest BCUT2D eigenvalue weighted by Crippen LogP contribution is -2.49. The highest BCUT2D eigenvalue weighted by Crippen LogP contribution is 2.29. The van der Waals surface area contributed by atoms with Crippen LogP contribution in [0.15, 0.2) is 24.8 Å². The minimum absolute atomic E-state index is 0.127. The van der Waals surface area contributed by atoms with E-state index in [0.717, 1.165) is 0 Å². The molecule has 260 valence electrons. The summed E-state index contributed by atoms with van der Waals surface area (Å²) in [5, 5.41) is 0. The molecule has 2 aliphatic heterocycles. The number of halogens is 8. The molecule has 4 rings (SSSR count). The molecule has 2 saturated heterocycles. The van der Waals surface area contributed by atoms with Crippen LogP contribution in [-0.4, -0.2) is 125 Å². The maximum absolute atomic E-state index is 13.2. The molecule has 2 aliphatic rings. The Morgan fingerprint density at radius 2 is 0.979 bits per heavy atom. The molecule has 2 aromatic rings. The first-order valence-electron chi connectivity index (χ1n) is 15.0. The van der Waals surface area contributed by atoms with Crippen LogP contribution in [0.1, 0.15) is 36.8 Å². The zero-order chi connectivity index (χ0) is 34.2. The predicted octanol–water partition coefficient (Wildman–Crippen LogP) is 3.43. The average Bonchev–Trinajstić information content (AvgIpc) is 3.04. The fourth-order valence-electron chi connectivity index (χ4n) is 5.29. The number of carbonyl (C=O) groups is 2. The van der Waals surface area contributed by atoms with Gasteiger partial charge in [0.15, 0.2) is 0 Å². The lowest BCUT2D eigenvalue weighted by molar-refractivity contribution is -0.138. The highest BCUT2D eigenvalue weighted by Gasteiger charge is 2.33. The summed E-state index contributed by atoms with van der Waals surface area (Å²) in [6, 6.07) is 0. The van der Waals surface area contributed by atoms with Crippen LogP contribution in [0.3, 0.4) is 0 Å². The van der Waals surface area contributed by atoms with Crippen molar-refractivity contribution in [2.45, 2.75) is 44.5 Å². The minimum Gasteiger partial charge on any atom is -0.339 e. The number of nitrogens with zero attached hydrogens (tertiary/aromatic N) is 9. The monoisotopic (exact) mass is 681 g/mol. The van der Waals surface area contributed by atoms with E-state index in [0.29, 0.717) is 90.0 Å². The average molecular weight is 682 g/mol. The maximum Gasteiger partial charge on any atom is 0.419 e. The van der Waals surface area contributed by atoms with Crippen molar-refractivity contribution >= 4 is 23.7 Å². The van der Waals surface area contributed by atoms with E-state index in [-0.39, 0.29) is 49.6 Å². The van der Waals surface area contributed by atoms with Crippen LogP contribution in [-0.2, 0) is 21.9 Å². The Balaban J connectivity index is 1.14. The number of rotatable bonds is 12. The quantitative estimate of drug-likeness (QED) is 0.312. The summed E-state index contributed by atoms with van der Waals surface area (Å²) < 4.78 is 103. The molecule has 0 N–H and O–H groups in total. The normalized spacial score (nSPS) is 16.4. The highest BCUT2D eigenvalue weighted by atomic mass is 19.4. The first-order chi connectivity index (χ1) is 22.2. The summed E-state index contributed by atoms with van der Waals surface area (Å²) in [6.07, 6.45) is -7.90. The van der Waals surface area contributed by atoms with Crippen molar-refractivity contribution in [3.05, 3.63) is 35.9 Å². The Morgan fingerprint density at radius 1 is 0.638 bits per heavy atom. The van der Waals surface area contributed by atoms with Crippen LogP contribution in [0.25, 0.3) is 0 Å². The number of hydrogen-bond donors (Lipinski definition) is 0.